The van der Waals surface area contributed by atoms with E-state index in [4.69, 9.17) is 0 Å². The first-order valence-electron chi connectivity index (χ1n) is 7.51. The molecule has 2 atom stereocenters. The molecular formula is C18H20ClNO2. The Kier molecular flexibility index (Phi) is 3.79. The minimum atomic E-state index is -0.0198. The fourth-order valence-electron chi connectivity index (χ4n) is 3.87. The SMILES string of the molecule is Cc1ccc2c(c1)CNC1CCc3cc(O)c(O)cc3C21.Cl. The van der Waals surface area contributed by atoms with E-state index in [0.717, 1.165) is 30.5 Å². The summed E-state index contributed by atoms with van der Waals surface area (Å²) in [5.74, 6) is 0.235. The number of phenolic OH excluding ortho intramolecular Hbond substituents is 2. The minimum Gasteiger partial charge on any atom is -0.504 e. The van der Waals surface area contributed by atoms with Crippen LogP contribution in [0.5, 0.6) is 11.5 Å². The second-order valence-electron chi connectivity index (χ2n) is 6.25. The molecule has 0 aromatic heterocycles. The lowest BCUT2D eigenvalue weighted by Crippen LogP contribution is -2.42. The molecule has 0 amide bonds. The molecule has 3 nitrogen and oxygen atoms in total. The predicted octanol–water partition coefficient (Wildman–Crippen LogP) is 3.38. The molecule has 1 aliphatic carbocycles. The van der Waals surface area contributed by atoms with Crippen molar-refractivity contribution in [3.05, 3.63) is 58.1 Å². The average Bonchev–Trinajstić information content (AvgIpc) is 2.47. The van der Waals surface area contributed by atoms with Crippen LogP contribution >= 0.6 is 12.4 Å². The van der Waals surface area contributed by atoms with Crippen LogP contribution in [0.4, 0.5) is 0 Å². The Bertz CT molecular complexity index is 729. The Morgan fingerprint density at radius 2 is 1.77 bits per heavy atom. The second-order valence-corrected chi connectivity index (χ2v) is 6.25. The summed E-state index contributed by atoms with van der Waals surface area (Å²) in [4.78, 5) is 0. The lowest BCUT2D eigenvalue weighted by molar-refractivity contribution is 0.380. The maximum atomic E-state index is 9.89. The number of hydrogen-bond acceptors (Lipinski definition) is 3. The largest absolute Gasteiger partial charge is 0.504 e. The molecule has 0 fully saturated rings. The van der Waals surface area contributed by atoms with Crippen molar-refractivity contribution >= 4 is 12.4 Å². The predicted molar refractivity (Wildman–Crippen MR) is 89.0 cm³/mol. The molecule has 4 rings (SSSR count). The molecule has 0 radical (unpaired) electrons. The molecule has 2 aromatic rings. The highest BCUT2D eigenvalue weighted by atomic mass is 35.5. The smallest absolute Gasteiger partial charge is 0.157 e. The summed E-state index contributed by atoms with van der Waals surface area (Å²) in [5.41, 5.74) is 6.28. The van der Waals surface area contributed by atoms with Crippen LogP contribution in [0.15, 0.2) is 30.3 Å². The van der Waals surface area contributed by atoms with E-state index in [1.54, 1.807) is 12.1 Å². The molecule has 2 unspecified atom stereocenters. The highest BCUT2D eigenvalue weighted by Crippen LogP contribution is 2.44. The number of benzene rings is 2. The fraction of sp³-hybridized carbons (Fsp3) is 0.333. The van der Waals surface area contributed by atoms with Gasteiger partial charge >= 0.3 is 0 Å². The summed E-state index contributed by atoms with van der Waals surface area (Å²) in [5, 5.41) is 23.3. The molecule has 1 aliphatic heterocycles. The van der Waals surface area contributed by atoms with Crippen LogP contribution in [0, 0.1) is 6.92 Å². The van der Waals surface area contributed by atoms with Crippen LogP contribution in [0.25, 0.3) is 0 Å². The fourth-order valence-corrected chi connectivity index (χ4v) is 3.87. The number of nitrogens with one attached hydrogen (secondary N) is 1. The first-order valence-corrected chi connectivity index (χ1v) is 7.51. The summed E-state index contributed by atoms with van der Waals surface area (Å²) in [6, 6.07) is 10.5. The Balaban J connectivity index is 0.00000144. The van der Waals surface area contributed by atoms with E-state index in [1.807, 2.05) is 0 Å². The van der Waals surface area contributed by atoms with Gasteiger partial charge in [-0.1, -0.05) is 23.8 Å². The summed E-state index contributed by atoms with van der Waals surface area (Å²) < 4.78 is 0. The third kappa shape index (κ3) is 2.25. The van der Waals surface area contributed by atoms with E-state index in [-0.39, 0.29) is 29.8 Å². The number of rotatable bonds is 0. The van der Waals surface area contributed by atoms with Gasteiger partial charge in [0.05, 0.1) is 0 Å². The highest BCUT2D eigenvalue weighted by molar-refractivity contribution is 5.85. The van der Waals surface area contributed by atoms with Gasteiger partial charge in [-0.05, 0) is 54.2 Å². The maximum absolute atomic E-state index is 9.89. The highest BCUT2D eigenvalue weighted by Gasteiger charge is 2.35. The van der Waals surface area contributed by atoms with E-state index in [1.165, 1.54) is 16.7 Å². The number of phenols is 2. The molecule has 2 aromatic carbocycles. The summed E-state index contributed by atoms with van der Waals surface area (Å²) in [7, 11) is 0. The number of aryl methyl sites for hydroxylation is 2. The topological polar surface area (TPSA) is 52.5 Å². The van der Waals surface area contributed by atoms with Gasteiger partial charge in [0.2, 0.25) is 0 Å². The maximum Gasteiger partial charge on any atom is 0.157 e. The first kappa shape index (κ1) is 15.2. The Labute approximate surface area is 136 Å². The van der Waals surface area contributed by atoms with Crippen molar-refractivity contribution in [1.29, 1.82) is 0 Å². The van der Waals surface area contributed by atoms with Crippen molar-refractivity contribution in [3.63, 3.8) is 0 Å². The molecule has 0 spiro atoms. The number of fused-ring (bicyclic) bond motifs is 5. The standard InChI is InChI=1S/C18H19NO2.ClH/c1-10-2-4-13-12(6-10)9-19-15-5-3-11-7-16(20)17(21)8-14(11)18(13)15;/h2,4,6-8,15,18-21H,3,5,9H2,1H3;1H. The third-order valence-corrected chi connectivity index (χ3v) is 4.89. The molecule has 1 heterocycles. The van der Waals surface area contributed by atoms with Crippen molar-refractivity contribution in [2.75, 3.05) is 0 Å². The monoisotopic (exact) mass is 317 g/mol. The van der Waals surface area contributed by atoms with Crippen LogP contribution < -0.4 is 5.32 Å². The Hall–Kier alpha value is -1.71. The Morgan fingerprint density at radius 1 is 1.00 bits per heavy atom. The zero-order valence-electron chi connectivity index (χ0n) is 12.5. The van der Waals surface area contributed by atoms with Crippen molar-refractivity contribution in [2.24, 2.45) is 0 Å². The third-order valence-electron chi connectivity index (χ3n) is 4.89. The van der Waals surface area contributed by atoms with E-state index in [2.05, 4.69) is 30.4 Å². The molecule has 4 heteroatoms. The van der Waals surface area contributed by atoms with E-state index < -0.39 is 0 Å². The molecule has 22 heavy (non-hydrogen) atoms. The van der Waals surface area contributed by atoms with Crippen LogP contribution in [-0.2, 0) is 13.0 Å². The van der Waals surface area contributed by atoms with Crippen molar-refractivity contribution in [3.8, 4) is 11.5 Å². The average molecular weight is 318 g/mol. The zero-order chi connectivity index (χ0) is 14.6. The summed E-state index contributed by atoms with van der Waals surface area (Å²) in [6.45, 7) is 3.03. The summed E-state index contributed by atoms with van der Waals surface area (Å²) >= 11 is 0. The van der Waals surface area contributed by atoms with Gasteiger partial charge in [-0.2, -0.15) is 0 Å². The molecule has 3 N–H and O–H groups in total. The van der Waals surface area contributed by atoms with Gasteiger partial charge in [-0.3, -0.25) is 0 Å². The van der Waals surface area contributed by atoms with Crippen molar-refractivity contribution in [1.82, 2.24) is 5.32 Å². The zero-order valence-corrected chi connectivity index (χ0v) is 13.3. The van der Waals surface area contributed by atoms with E-state index in [0.29, 0.717) is 6.04 Å². The molecule has 0 saturated heterocycles. The Morgan fingerprint density at radius 3 is 2.59 bits per heavy atom. The van der Waals surface area contributed by atoms with Gasteiger partial charge in [0.1, 0.15) is 0 Å². The van der Waals surface area contributed by atoms with Gasteiger partial charge in [-0.15, -0.1) is 12.4 Å². The number of halogens is 1. The van der Waals surface area contributed by atoms with Gasteiger partial charge in [-0.25, -0.2) is 0 Å². The molecule has 116 valence electrons. The van der Waals surface area contributed by atoms with Crippen LogP contribution in [0.1, 0.15) is 40.2 Å². The summed E-state index contributed by atoms with van der Waals surface area (Å²) in [6.07, 6.45) is 2.01. The van der Waals surface area contributed by atoms with Gasteiger partial charge in [0, 0.05) is 18.5 Å². The quantitative estimate of drug-likeness (QED) is 0.653. The molecule has 0 saturated carbocycles. The molecular weight excluding hydrogens is 298 g/mol. The number of hydrogen-bond donors (Lipinski definition) is 3. The van der Waals surface area contributed by atoms with E-state index >= 15 is 0 Å². The first-order chi connectivity index (χ1) is 10.1. The molecule has 2 aliphatic rings. The van der Waals surface area contributed by atoms with Gasteiger partial charge < -0.3 is 15.5 Å². The van der Waals surface area contributed by atoms with Crippen LogP contribution in [-0.4, -0.2) is 16.3 Å². The number of aromatic hydroxyl groups is 2. The minimum absolute atomic E-state index is 0. The normalized spacial score (nSPS) is 22.0. The van der Waals surface area contributed by atoms with Crippen molar-refractivity contribution in [2.45, 2.75) is 38.3 Å². The van der Waals surface area contributed by atoms with Gasteiger partial charge in [0.15, 0.2) is 11.5 Å². The lowest BCUT2D eigenvalue weighted by atomic mass is 9.72. The van der Waals surface area contributed by atoms with Crippen LogP contribution in [0.2, 0.25) is 0 Å². The van der Waals surface area contributed by atoms with E-state index in [9.17, 15) is 10.2 Å². The second kappa shape index (κ2) is 5.49. The van der Waals surface area contributed by atoms with Gasteiger partial charge in [0.25, 0.3) is 0 Å². The van der Waals surface area contributed by atoms with Crippen LogP contribution in [0.3, 0.4) is 0 Å². The molecule has 0 bridgehead atoms. The van der Waals surface area contributed by atoms with Crippen molar-refractivity contribution < 1.29 is 10.2 Å². The lowest BCUT2D eigenvalue weighted by Gasteiger charge is -2.39.